The van der Waals surface area contributed by atoms with Crippen molar-refractivity contribution in [3.8, 4) is 0 Å². The number of hydrogen-bond acceptors (Lipinski definition) is 6. The fourth-order valence-corrected chi connectivity index (χ4v) is 2.99. The van der Waals surface area contributed by atoms with Gasteiger partial charge in [-0.2, -0.15) is 0 Å². The van der Waals surface area contributed by atoms with Gasteiger partial charge in [-0.05, 0) is 37.4 Å². The van der Waals surface area contributed by atoms with Gasteiger partial charge >= 0.3 is 0 Å². The SMILES string of the molecule is CNS(=O)(=O)c1ccc(F)c(Nc2cc(Nc3ccc(F)c(F)c3)ncn2)c1. The number of rotatable bonds is 6. The maximum atomic E-state index is 14.1. The van der Waals surface area contributed by atoms with E-state index in [2.05, 4.69) is 25.3 Å². The molecule has 0 fully saturated rings. The Bertz CT molecular complexity index is 1130. The van der Waals surface area contributed by atoms with Crippen molar-refractivity contribution in [3.05, 3.63) is 66.2 Å². The van der Waals surface area contributed by atoms with E-state index in [9.17, 15) is 21.6 Å². The van der Waals surface area contributed by atoms with E-state index >= 15 is 0 Å². The summed E-state index contributed by atoms with van der Waals surface area (Å²) >= 11 is 0. The minimum Gasteiger partial charge on any atom is -0.340 e. The van der Waals surface area contributed by atoms with Crippen LogP contribution in [0.1, 0.15) is 0 Å². The van der Waals surface area contributed by atoms with E-state index in [1.54, 1.807) is 0 Å². The second kappa shape index (κ2) is 7.82. The van der Waals surface area contributed by atoms with E-state index in [0.29, 0.717) is 0 Å². The maximum absolute atomic E-state index is 14.1. The summed E-state index contributed by atoms with van der Waals surface area (Å²) in [7, 11) is -2.51. The zero-order chi connectivity index (χ0) is 20.3. The van der Waals surface area contributed by atoms with Crippen molar-refractivity contribution in [2.75, 3.05) is 17.7 Å². The van der Waals surface area contributed by atoms with Crippen LogP contribution in [0, 0.1) is 17.5 Å². The summed E-state index contributed by atoms with van der Waals surface area (Å²) in [6, 6.07) is 7.87. The van der Waals surface area contributed by atoms with E-state index < -0.39 is 27.5 Å². The number of benzene rings is 2. The summed E-state index contributed by atoms with van der Waals surface area (Å²) in [5, 5.41) is 5.42. The highest BCUT2D eigenvalue weighted by molar-refractivity contribution is 7.89. The molecule has 0 saturated carbocycles. The number of nitrogens with zero attached hydrogens (tertiary/aromatic N) is 2. The fourth-order valence-electron chi connectivity index (χ4n) is 2.24. The van der Waals surface area contributed by atoms with Gasteiger partial charge in [0, 0.05) is 17.8 Å². The number of anilines is 4. The third-order valence-electron chi connectivity index (χ3n) is 3.64. The van der Waals surface area contributed by atoms with Crippen LogP contribution >= 0.6 is 0 Å². The first-order chi connectivity index (χ1) is 13.3. The van der Waals surface area contributed by atoms with Gasteiger partial charge < -0.3 is 10.6 Å². The summed E-state index contributed by atoms with van der Waals surface area (Å²) in [6.45, 7) is 0. The van der Waals surface area contributed by atoms with Gasteiger partial charge in [-0.15, -0.1) is 0 Å². The number of sulfonamides is 1. The van der Waals surface area contributed by atoms with Crippen molar-refractivity contribution in [1.82, 2.24) is 14.7 Å². The molecule has 28 heavy (non-hydrogen) atoms. The standard InChI is InChI=1S/C17H14F3N5O2S/c1-21-28(26,27)11-3-5-13(19)15(7-11)25-17-8-16(22-9-23-17)24-10-2-4-12(18)14(20)6-10/h2-9,21H,1H3,(H2,22,23,24,25). The molecule has 11 heteroatoms. The van der Waals surface area contributed by atoms with Crippen LogP contribution in [0.5, 0.6) is 0 Å². The van der Waals surface area contributed by atoms with E-state index in [1.165, 1.54) is 19.2 Å². The second-order valence-electron chi connectivity index (χ2n) is 5.52. The summed E-state index contributed by atoms with van der Waals surface area (Å²) in [5.41, 5.74) is 0.130. The molecule has 0 aliphatic carbocycles. The molecule has 1 heterocycles. The molecular weight excluding hydrogens is 395 g/mol. The molecule has 0 aliphatic heterocycles. The number of hydrogen-bond donors (Lipinski definition) is 3. The van der Waals surface area contributed by atoms with Gasteiger partial charge in [-0.1, -0.05) is 0 Å². The van der Waals surface area contributed by atoms with Crippen molar-refractivity contribution >= 4 is 33.0 Å². The average Bonchev–Trinajstić information content (AvgIpc) is 2.67. The van der Waals surface area contributed by atoms with Crippen LogP contribution < -0.4 is 15.4 Å². The molecule has 1 aromatic heterocycles. The number of halogens is 3. The molecule has 3 aromatic rings. The molecule has 3 rings (SSSR count). The van der Waals surface area contributed by atoms with Crippen molar-refractivity contribution in [2.45, 2.75) is 4.90 Å². The Morgan fingerprint density at radius 3 is 2.18 bits per heavy atom. The topological polar surface area (TPSA) is 96.0 Å². The number of aromatic nitrogens is 2. The minimum atomic E-state index is -3.75. The van der Waals surface area contributed by atoms with Crippen LogP contribution in [0.3, 0.4) is 0 Å². The molecule has 146 valence electrons. The van der Waals surface area contributed by atoms with Crippen LogP contribution in [0.15, 0.2) is 53.7 Å². The predicted octanol–water partition coefficient (Wildman–Crippen LogP) is 3.29. The largest absolute Gasteiger partial charge is 0.340 e. The van der Waals surface area contributed by atoms with Gasteiger partial charge in [-0.3, -0.25) is 0 Å². The lowest BCUT2D eigenvalue weighted by Crippen LogP contribution is -2.18. The molecule has 0 aliphatic rings. The van der Waals surface area contributed by atoms with Gasteiger partial charge in [0.25, 0.3) is 0 Å². The first-order valence-electron chi connectivity index (χ1n) is 7.83. The van der Waals surface area contributed by atoms with Crippen LogP contribution in [0.2, 0.25) is 0 Å². The van der Waals surface area contributed by atoms with Gasteiger partial charge in [0.15, 0.2) is 11.6 Å². The predicted molar refractivity (Wildman–Crippen MR) is 97.6 cm³/mol. The van der Waals surface area contributed by atoms with Gasteiger partial charge in [0.05, 0.1) is 10.6 Å². The van der Waals surface area contributed by atoms with Gasteiger partial charge in [0.2, 0.25) is 10.0 Å². The van der Waals surface area contributed by atoms with E-state index in [0.717, 1.165) is 36.7 Å². The van der Waals surface area contributed by atoms with Crippen molar-refractivity contribution in [1.29, 1.82) is 0 Å². The molecule has 0 bridgehead atoms. The fraction of sp³-hybridized carbons (Fsp3) is 0.0588. The molecule has 0 radical (unpaired) electrons. The lowest BCUT2D eigenvalue weighted by molar-refractivity contribution is 0.509. The summed E-state index contributed by atoms with van der Waals surface area (Å²) in [4.78, 5) is 7.74. The monoisotopic (exact) mass is 409 g/mol. The third kappa shape index (κ3) is 4.38. The molecule has 0 atom stereocenters. The van der Waals surface area contributed by atoms with E-state index in [-0.39, 0.29) is 27.9 Å². The molecule has 7 nitrogen and oxygen atoms in total. The van der Waals surface area contributed by atoms with Crippen molar-refractivity contribution in [3.63, 3.8) is 0 Å². The highest BCUT2D eigenvalue weighted by atomic mass is 32.2. The molecule has 3 N–H and O–H groups in total. The normalized spacial score (nSPS) is 11.3. The van der Waals surface area contributed by atoms with Gasteiger partial charge in [0.1, 0.15) is 23.8 Å². The Kier molecular flexibility index (Phi) is 5.47. The molecule has 0 saturated heterocycles. The third-order valence-corrected chi connectivity index (χ3v) is 5.05. The molecule has 0 amide bonds. The summed E-state index contributed by atoms with van der Waals surface area (Å²) in [6.07, 6.45) is 1.16. The lowest BCUT2D eigenvalue weighted by atomic mass is 10.3. The Labute approximate surface area is 158 Å². The first kappa shape index (κ1) is 19.6. The second-order valence-corrected chi connectivity index (χ2v) is 7.40. The zero-order valence-electron chi connectivity index (χ0n) is 14.4. The average molecular weight is 409 g/mol. The van der Waals surface area contributed by atoms with Crippen LogP contribution in [-0.2, 0) is 10.0 Å². The maximum Gasteiger partial charge on any atom is 0.240 e. The first-order valence-corrected chi connectivity index (χ1v) is 9.31. The Balaban J connectivity index is 1.85. The van der Waals surface area contributed by atoms with Crippen molar-refractivity contribution in [2.24, 2.45) is 0 Å². The van der Waals surface area contributed by atoms with E-state index in [4.69, 9.17) is 0 Å². The zero-order valence-corrected chi connectivity index (χ0v) is 15.2. The minimum absolute atomic E-state index is 0.117. The van der Waals surface area contributed by atoms with Gasteiger partial charge in [-0.25, -0.2) is 36.3 Å². The lowest BCUT2D eigenvalue weighted by Gasteiger charge is -2.11. The molecular formula is C17H14F3N5O2S. The summed E-state index contributed by atoms with van der Waals surface area (Å²) < 4.78 is 66.3. The van der Waals surface area contributed by atoms with E-state index in [1.807, 2.05) is 0 Å². The highest BCUT2D eigenvalue weighted by Gasteiger charge is 2.15. The summed E-state index contributed by atoms with van der Waals surface area (Å²) in [5.74, 6) is -2.32. The highest BCUT2D eigenvalue weighted by Crippen LogP contribution is 2.24. The van der Waals surface area contributed by atoms with Crippen LogP contribution in [0.25, 0.3) is 0 Å². The Morgan fingerprint density at radius 1 is 0.821 bits per heavy atom. The number of nitrogens with one attached hydrogen (secondary N) is 3. The van der Waals surface area contributed by atoms with Crippen LogP contribution in [-0.4, -0.2) is 25.4 Å². The molecule has 0 unspecified atom stereocenters. The quantitative estimate of drug-likeness (QED) is 0.578. The Morgan fingerprint density at radius 2 is 1.50 bits per heavy atom. The molecule has 0 spiro atoms. The van der Waals surface area contributed by atoms with Crippen LogP contribution in [0.4, 0.5) is 36.2 Å². The Hall–Kier alpha value is -3.18. The van der Waals surface area contributed by atoms with Crippen molar-refractivity contribution < 1.29 is 21.6 Å². The molecule has 2 aromatic carbocycles. The smallest absolute Gasteiger partial charge is 0.240 e.